The number of hydrogen-bond donors (Lipinski definition) is 0. The second-order valence-corrected chi connectivity index (χ2v) is 9.74. The second-order valence-electron chi connectivity index (χ2n) is 7.82. The molecule has 0 saturated carbocycles. The van der Waals surface area contributed by atoms with Crippen molar-refractivity contribution in [2.75, 3.05) is 27.9 Å². The van der Waals surface area contributed by atoms with Crippen LogP contribution in [0.1, 0.15) is 31.0 Å². The number of methoxy groups -OCH3 is 3. The number of thiazole rings is 1. The van der Waals surface area contributed by atoms with Crippen LogP contribution < -0.4 is 29.1 Å². The summed E-state index contributed by atoms with van der Waals surface area (Å²) in [6.07, 6.45) is 1.75. The molecular formula is C26H25BrN2O6S. The van der Waals surface area contributed by atoms with E-state index in [2.05, 4.69) is 20.9 Å². The van der Waals surface area contributed by atoms with Crippen LogP contribution in [0.4, 0.5) is 0 Å². The smallest absolute Gasteiger partial charge is 0.338 e. The summed E-state index contributed by atoms with van der Waals surface area (Å²) >= 11 is 4.74. The Morgan fingerprint density at radius 2 is 1.83 bits per heavy atom. The molecule has 0 saturated heterocycles. The predicted octanol–water partition coefficient (Wildman–Crippen LogP) is 3.59. The highest BCUT2D eigenvalue weighted by Crippen LogP contribution is 2.38. The first-order valence-electron chi connectivity index (χ1n) is 11.1. The Labute approximate surface area is 220 Å². The summed E-state index contributed by atoms with van der Waals surface area (Å²) in [6, 6.07) is 10.4. The van der Waals surface area contributed by atoms with E-state index in [9.17, 15) is 9.59 Å². The third-order valence-corrected chi connectivity index (χ3v) is 7.14. The predicted molar refractivity (Wildman–Crippen MR) is 141 cm³/mol. The zero-order valence-corrected chi connectivity index (χ0v) is 22.9. The Morgan fingerprint density at radius 1 is 1.14 bits per heavy atom. The van der Waals surface area contributed by atoms with E-state index in [0.29, 0.717) is 43.4 Å². The quantitative estimate of drug-likeness (QED) is 0.402. The van der Waals surface area contributed by atoms with Gasteiger partial charge in [-0.15, -0.1) is 0 Å². The summed E-state index contributed by atoms with van der Waals surface area (Å²) in [5.74, 6) is 0.914. The Bertz CT molecular complexity index is 1510. The van der Waals surface area contributed by atoms with Crippen LogP contribution in [0, 0.1) is 0 Å². The van der Waals surface area contributed by atoms with Gasteiger partial charge in [-0.05, 0) is 55.3 Å². The topological polar surface area (TPSA) is 88.4 Å². The number of carbonyl (C=O) groups excluding carboxylic acids is 1. The molecule has 8 nitrogen and oxygen atoms in total. The molecule has 2 heterocycles. The molecule has 1 aliphatic heterocycles. The molecule has 0 fully saturated rings. The van der Waals surface area contributed by atoms with Crippen LogP contribution in [0.2, 0.25) is 0 Å². The summed E-state index contributed by atoms with van der Waals surface area (Å²) in [6.45, 7) is 3.72. The molecule has 0 N–H and O–H groups in total. The number of halogens is 1. The third-order valence-electron chi connectivity index (χ3n) is 5.67. The Hall–Kier alpha value is -3.37. The number of fused-ring (bicyclic) bond motifs is 1. The molecule has 36 heavy (non-hydrogen) atoms. The first-order chi connectivity index (χ1) is 17.3. The van der Waals surface area contributed by atoms with Crippen LogP contribution in [0.15, 0.2) is 61.9 Å². The molecule has 1 unspecified atom stereocenters. The first-order valence-corrected chi connectivity index (χ1v) is 12.7. The standard InChI is InChI=1S/C26H25BrN2O6S/c1-6-35-25(31)21-14(2)28-26-29(22(21)16-8-7-9-17(27)13-16)24(30)20(36-26)12-15-10-18(32-3)23(34-5)19(11-15)33-4/h7-13,22H,6H2,1-5H3. The number of carbonyl (C=O) groups is 1. The summed E-state index contributed by atoms with van der Waals surface area (Å²) in [5, 5.41) is 0. The van der Waals surface area contributed by atoms with Gasteiger partial charge in [-0.2, -0.15) is 0 Å². The van der Waals surface area contributed by atoms with Gasteiger partial charge >= 0.3 is 5.97 Å². The van der Waals surface area contributed by atoms with Gasteiger partial charge in [-0.1, -0.05) is 39.4 Å². The molecule has 188 valence electrons. The minimum atomic E-state index is -0.681. The molecule has 0 spiro atoms. The molecule has 4 rings (SSSR count). The molecule has 3 aromatic rings. The lowest BCUT2D eigenvalue weighted by molar-refractivity contribution is -0.139. The summed E-state index contributed by atoms with van der Waals surface area (Å²) < 4.78 is 24.5. The molecule has 0 bridgehead atoms. The number of aromatic nitrogens is 1. The fraction of sp³-hybridized carbons (Fsp3) is 0.269. The van der Waals surface area contributed by atoms with Crippen molar-refractivity contribution in [3.63, 3.8) is 0 Å². The highest BCUT2D eigenvalue weighted by molar-refractivity contribution is 9.10. The number of esters is 1. The van der Waals surface area contributed by atoms with Crippen molar-refractivity contribution in [2.45, 2.75) is 19.9 Å². The maximum absolute atomic E-state index is 13.8. The largest absolute Gasteiger partial charge is 0.493 e. The molecule has 1 atom stereocenters. The van der Waals surface area contributed by atoms with Gasteiger partial charge in [0.15, 0.2) is 16.3 Å². The van der Waals surface area contributed by atoms with Crippen LogP contribution in [0.25, 0.3) is 6.08 Å². The van der Waals surface area contributed by atoms with Crippen molar-refractivity contribution in [3.05, 3.63) is 83.0 Å². The highest BCUT2D eigenvalue weighted by atomic mass is 79.9. The van der Waals surface area contributed by atoms with Crippen molar-refractivity contribution in [1.29, 1.82) is 0 Å². The number of rotatable bonds is 7. The van der Waals surface area contributed by atoms with Crippen LogP contribution in [-0.4, -0.2) is 38.5 Å². The van der Waals surface area contributed by atoms with E-state index < -0.39 is 12.0 Å². The normalized spacial score (nSPS) is 15.3. The lowest BCUT2D eigenvalue weighted by Crippen LogP contribution is -2.39. The lowest BCUT2D eigenvalue weighted by Gasteiger charge is -2.24. The van der Waals surface area contributed by atoms with Crippen molar-refractivity contribution < 1.29 is 23.7 Å². The minimum absolute atomic E-state index is 0.215. The first kappa shape index (κ1) is 25.7. The summed E-state index contributed by atoms with van der Waals surface area (Å²) in [4.78, 5) is 31.8. The van der Waals surface area contributed by atoms with Gasteiger partial charge in [-0.3, -0.25) is 9.36 Å². The number of ether oxygens (including phenoxy) is 4. The zero-order chi connectivity index (χ0) is 26.0. The number of benzene rings is 2. The van der Waals surface area contributed by atoms with Gasteiger partial charge in [0.2, 0.25) is 5.75 Å². The van der Waals surface area contributed by atoms with Crippen LogP contribution in [-0.2, 0) is 9.53 Å². The van der Waals surface area contributed by atoms with E-state index in [-0.39, 0.29) is 12.2 Å². The maximum atomic E-state index is 13.8. The van der Waals surface area contributed by atoms with Gasteiger partial charge in [0, 0.05) is 4.47 Å². The number of nitrogens with zero attached hydrogens (tertiary/aromatic N) is 2. The van der Waals surface area contributed by atoms with Gasteiger partial charge < -0.3 is 18.9 Å². The van der Waals surface area contributed by atoms with E-state index in [1.54, 1.807) is 36.6 Å². The molecule has 0 aliphatic carbocycles. The fourth-order valence-electron chi connectivity index (χ4n) is 4.12. The summed E-state index contributed by atoms with van der Waals surface area (Å²) in [5.41, 5.74) is 2.03. The lowest BCUT2D eigenvalue weighted by atomic mass is 9.96. The van der Waals surface area contributed by atoms with Gasteiger partial charge in [0.1, 0.15) is 0 Å². The van der Waals surface area contributed by atoms with Crippen molar-refractivity contribution in [2.24, 2.45) is 4.99 Å². The monoisotopic (exact) mass is 572 g/mol. The molecule has 1 aromatic heterocycles. The summed E-state index contributed by atoms with van der Waals surface area (Å²) in [7, 11) is 4.60. The van der Waals surface area contributed by atoms with Gasteiger partial charge in [0.25, 0.3) is 5.56 Å². The Morgan fingerprint density at radius 3 is 2.42 bits per heavy atom. The molecular weight excluding hydrogens is 548 g/mol. The fourth-order valence-corrected chi connectivity index (χ4v) is 5.58. The average Bonchev–Trinajstić information content (AvgIpc) is 3.16. The SMILES string of the molecule is CCOC(=O)C1=C(C)N=c2sc(=Cc3cc(OC)c(OC)c(OC)c3)c(=O)n2C1c1cccc(Br)c1. The van der Waals surface area contributed by atoms with E-state index in [1.807, 2.05) is 24.3 Å². The third kappa shape index (κ3) is 4.70. The second kappa shape index (κ2) is 10.7. The molecule has 0 radical (unpaired) electrons. The average molecular weight is 573 g/mol. The number of hydrogen-bond acceptors (Lipinski definition) is 8. The molecule has 1 aliphatic rings. The Kier molecular flexibility index (Phi) is 7.65. The van der Waals surface area contributed by atoms with Crippen LogP contribution in [0.3, 0.4) is 0 Å². The maximum Gasteiger partial charge on any atom is 0.338 e. The minimum Gasteiger partial charge on any atom is -0.493 e. The van der Waals surface area contributed by atoms with E-state index in [1.165, 1.54) is 32.7 Å². The zero-order valence-electron chi connectivity index (χ0n) is 20.5. The van der Waals surface area contributed by atoms with E-state index in [0.717, 1.165) is 10.0 Å². The van der Waals surface area contributed by atoms with Crippen molar-refractivity contribution in [1.82, 2.24) is 4.57 Å². The number of allylic oxidation sites excluding steroid dienone is 1. The molecule has 0 amide bonds. The molecule has 10 heteroatoms. The van der Waals surface area contributed by atoms with Gasteiger partial charge in [-0.25, -0.2) is 9.79 Å². The van der Waals surface area contributed by atoms with Gasteiger partial charge in [0.05, 0.1) is 49.8 Å². The Balaban J connectivity index is 1.96. The van der Waals surface area contributed by atoms with Crippen molar-refractivity contribution >= 4 is 39.3 Å². The highest BCUT2D eigenvalue weighted by Gasteiger charge is 2.33. The molecule has 2 aromatic carbocycles. The van der Waals surface area contributed by atoms with Crippen LogP contribution in [0.5, 0.6) is 17.2 Å². The van der Waals surface area contributed by atoms with E-state index >= 15 is 0 Å². The van der Waals surface area contributed by atoms with Crippen molar-refractivity contribution in [3.8, 4) is 17.2 Å². The van der Waals surface area contributed by atoms with Crippen LogP contribution >= 0.6 is 27.3 Å². The van der Waals surface area contributed by atoms with E-state index in [4.69, 9.17) is 18.9 Å².